The Morgan fingerprint density at radius 2 is 2.20 bits per heavy atom. The molecule has 0 fully saturated rings. The van der Waals surface area contributed by atoms with Crippen LogP contribution in [0.2, 0.25) is 0 Å². The smallest absolute Gasteiger partial charge is 0.331 e. The van der Waals surface area contributed by atoms with Gasteiger partial charge >= 0.3 is 6.18 Å². The Hall–Kier alpha value is -1.72. The lowest BCUT2D eigenvalue weighted by atomic mass is 10.2. The maximum Gasteiger partial charge on any atom is 0.416 e. The van der Waals surface area contributed by atoms with Gasteiger partial charge in [-0.3, -0.25) is 0 Å². The number of nitrogens with zero attached hydrogens (tertiary/aromatic N) is 2. The lowest BCUT2D eigenvalue weighted by Crippen LogP contribution is -2.23. The van der Waals surface area contributed by atoms with Gasteiger partial charge < -0.3 is 9.88 Å². The third-order valence-electron chi connectivity index (χ3n) is 2.03. The number of hydrogen-bond acceptors (Lipinski definition) is 2. The molecule has 0 spiro atoms. The topological polar surface area (TPSA) is 31.9 Å². The third kappa shape index (κ3) is 2.03. The van der Waals surface area contributed by atoms with Crippen LogP contribution in [0.4, 0.5) is 19.1 Å². The lowest BCUT2D eigenvalue weighted by molar-refractivity contribution is -0.0885. The molecule has 1 N–H and O–H groups in total. The average molecular weight is 215 g/mol. The minimum Gasteiger partial charge on any atom is -0.331 e. The Labute approximate surface area is 83.9 Å². The Kier molecular flexibility index (Phi) is 2.26. The van der Waals surface area contributed by atoms with E-state index >= 15 is 0 Å². The summed E-state index contributed by atoms with van der Waals surface area (Å²) in [6.45, 7) is 0.166. The maximum absolute atomic E-state index is 12.2. The van der Waals surface area contributed by atoms with E-state index in [1.54, 1.807) is 17.3 Å². The highest BCUT2D eigenvalue weighted by Gasteiger charge is 2.32. The molecule has 2 rings (SSSR count). The van der Waals surface area contributed by atoms with Crippen LogP contribution in [0, 0.1) is 0 Å². The number of halogens is 3. The molecule has 1 aromatic rings. The molecule has 0 bridgehead atoms. The van der Waals surface area contributed by atoms with Crippen LogP contribution in [-0.4, -0.2) is 22.7 Å². The van der Waals surface area contributed by atoms with Crippen LogP contribution in [0.3, 0.4) is 0 Å². The molecule has 1 aromatic heterocycles. The summed E-state index contributed by atoms with van der Waals surface area (Å²) in [6.07, 6.45) is 2.42. The highest BCUT2D eigenvalue weighted by Crippen LogP contribution is 2.28. The number of imidazole rings is 1. The molecule has 3 nitrogen and oxygen atoms in total. The molecular formula is C9H8F3N3. The van der Waals surface area contributed by atoms with Crippen molar-refractivity contribution >= 4 is 5.95 Å². The van der Waals surface area contributed by atoms with Crippen LogP contribution in [0.25, 0.3) is 0 Å². The van der Waals surface area contributed by atoms with E-state index in [0.717, 1.165) is 12.2 Å². The quantitative estimate of drug-likeness (QED) is 0.779. The fourth-order valence-corrected chi connectivity index (χ4v) is 1.28. The van der Waals surface area contributed by atoms with E-state index in [-0.39, 0.29) is 6.54 Å². The summed E-state index contributed by atoms with van der Waals surface area (Å²) in [5, 5.41) is 0. The first-order chi connectivity index (χ1) is 7.07. The fraction of sp³-hybridized carbons (Fsp3) is 0.222. The van der Waals surface area contributed by atoms with Crippen molar-refractivity contribution in [3.8, 4) is 0 Å². The number of nitrogens with one attached hydrogen (secondary N) is 1. The summed E-state index contributed by atoms with van der Waals surface area (Å²) in [4.78, 5) is 8.34. The first-order valence-electron chi connectivity index (χ1n) is 4.29. The second-order valence-corrected chi connectivity index (χ2v) is 3.04. The van der Waals surface area contributed by atoms with Crippen LogP contribution in [0.1, 0.15) is 0 Å². The Morgan fingerprint density at radius 1 is 1.40 bits per heavy atom. The largest absolute Gasteiger partial charge is 0.416 e. The molecule has 80 valence electrons. The van der Waals surface area contributed by atoms with Crippen LogP contribution in [-0.2, 0) is 0 Å². The molecular weight excluding hydrogens is 207 g/mol. The molecule has 0 radical (unpaired) electrons. The van der Waals surface area contributed by atoms with Crippen molar-refractivity contribution in [2.45, 2.75) is 6.18 Å². The predicted octanol–water partition coefficient (Wildman–Crippen LogP) is 2.23. The average Bonchev–Trinajstić information content (AvgIpc) is 2.69. The van der Waals surface area contributed by atoms with E-state index in [1.165, 1.54) is 6.20 Å². The summed E-state index contributed by atoms with van der Waals surface area (Å²) in [6, 6.07) is 0. The summed E-state index contributed by atoms with van der Waals surface area (Å²) in [7, 11) is 0. The monoisotopic (exact) mass is 215 g/mol. The zero-order valence-corrected chi connectivity index (χ0v) is 7.62. The number of hydrogen-bond donors (Lipinski definition) is 1. The summed E-state index contributed by atoms with van der Waals surface area (Å²) in [5.41, 5.74) is -0.620. The van der Waals surface area contributed by atoms with Crippen molar-refractivity contribution < 1.29 is 13.2 Å². The lowest BCUT2D eigenvalue weighted by Gasteiger charge is -2.20. The Balaban J connectivity index is 2.11. The molecule has 0 atom stereocenters. The van der Waals surface area contributed by atoms with Crippen LogP contribution >= 0.6 is 0 Å². The van der Waals surface area contributed by atoms with Crippen LogP contribution in [0.15, 0.2) is 36.3 Å². The zero-order valence-electron chi connectivity index (χ0n) is 7.62. The number of allylic oxidation sites excluding steroid dienone is 2. The number of alkyl halides is 3. The van der Waals surface area contributed by atoms with Gasteiger partial charge in [-0.15, -0.1) is 0 Å². The van der Waals surface area contributed by atoms with Gasteiger partial charge in [0.15, 0.2) is 0 Å². The van der Waals surface area contributed by atoms with Gasteiger partial charge in [0, 0.05) is 25.1 Å². The highest BCUT2D eigenvalue weighted by molar-refractivity contribution is 5.42. The summed E-state index contributed by atoms with van der Waals surface area (Å²) >= 11 is 0. The van der Waals surface area contributed by atoms with Crippen molar-refractivity contribution in [2.24, 2.45) is 0 Å². The number of rotatable bonds is 1. The molecule has 0 unspecified atom stereocenters. The first kappa shape index (κ1) is 9.82. The minimum absolute atomic E-state index is 0.166. The van der Waals surface area contributed by atoms with Gasteiger partial charge in [0.25, 0.3) is 0 Å². The number of aromatic nitrogens is 2. The first-order valence-corrected chi connectivity index (χ1v) is 4.29. The highest BCUT2D eigenvalue weighted by atomic mass is 19.4. The van der Waals surface area contributed by atoms with E-state index in [9.17, 15) is 13.2 Å². The number of aromatic amines is 1. The molecule has 0 saturated heterocycles. The van der Waals surface area contributed by atoms with Gasteiger partial charge in [-0.2, -0.15) is 13.2 Å². The van der Waals surface area contributed by atoms with E-state index < -0.39 is 11.7 Å². The Bertz CT molecular complexity index is 389. The van der Waals surface area contributed by atoms with Crippen LogP contribution < -0.4 is 4.90 Å². The van der Waals surface area contributed by atoms with Crippen molar-refractivity contribution in [1.82, 2.24) is 9.97 Å². The summed E-state index contributed by atoms with van der Waals surface area (Å²) in [5.74, 6) is 0.531. The molecule has 1 aliphatic heterocycles. The fourth-order valence-electron chi connectivity index (χ4n) is 1.28. The molecule has 6 heteroatoms. The van der Waals surface area contributed by atoms with E-state index in [2.05, 4.69) is 9.97 Å². The molecule has 0 aliphatic carbocycles. The molecule has 15 heavy (non-hydrogen) atoms. The molecule has 1 aliphatic rings. The normalized spacial score (nSPS) is 16.7. The zero-order chi connectivity index (χ0) is 10.9. The maximum atomic E-state index is 12.2. The van der Waals surface area contributed by atoms with Crippen molar-refractivity contribution in [1.29, 1.82) is 0 Å². The van der Waals surface area contributed by atoms with Gasteiger partial charge in [-0.1, -0.05) is 6.08 Å². The molecule has 0 aromatic carbocycles. The SMILES string of the molecule is FC(F)(F)C1=CCN(c2ncc[nH]2)C=C1. The predicted molar refractivity (Wildman–Crippen MR) is 49.2 cm³/mol. The summed E-state index contributed by atoms with van der Waals surface area (Å²) < 4.78 is 36.7. The van der Waals surface area contributed by atoms with Crippen molar-refractivity contribution in [3.63, 3.8) is 0 Å². The second-order valence-electron chi connectivity index (χ2n) is 3.04. The van der Waals surface area contributed by atoms with Gasteiger partial charge in [0.1, 0.15) is 0 Å². The minimum atomic E-state index is -4.27. The number of anilines is 1. The van der Waals surface area contributed by atoms with E-state index in [0.29, 0.717) is 5.95 Å². The van der Waals surface area contributed by atoms with E-state index in [1.807, 2.05) is 0 Å². The molecule has 0 amide bonds. The Morgan fingerprint density at radius 3 is 2.67 bits per heavy atom. The van der Waals surface area contributed by atoms with Gasteiger partial charge in [-0.05, 0) is 6.08 Å². The van der Waals surface area contributed by atoms with Crippen molar-refractivity contribution in [2.75, 3.05) is 11.4 Å². The van der Waals surface area contributed by atoms with Gasteiger partial charge in [0.2, 0.25) is 5.95 Å². The molecule has 0 saturated carbocycles. The van der Waals surface area contributed by atoms with Crippen molar-refractivity contribution in [3.05, 3.63) is 36.3 Å². The van der Waals surface area contributed by atoms with Crippen LogP contribution in [0.5, 0.6) is 0 Å². The third-order valence-corrected chi connectivity index (χ3v) is 2.03. The standard InChI is InChI=1S/C9H8F3N3/c10-9(11,12)7-1-5-15(6-2-7)8-13-3-4-14-8/h1-5H,6H2,(H,13,14). The second kappa shape index (κ2) is 3.45. The van der Waals surface area contributed by atoms with Gasteiger partial charge in [-0.25, -0.2) is 4.98 Å². The molecule has 2 heterocycles. The van der Waals surface area contributed by atoms with Gasteiger partial charge in [0.05, 0.1) is 5.57 Å². The van der Waals surface area contributed by atoms with E-state index in [4.69, 9.17) is 0 Å². The number of H-pyrrole nitrogens is 1.